The monoisotopic (exact) mass is 421 g/mol. The zero-order valence-electron chi connectivity index (χ0n) is 15.6. The van der Waals surface area contributed by atoms with E-state index in [2.05, 4.69) is 0 Å². The van der Waals surface area contributed by atoms with Gasteiger partial charge in [-0.25, -0.2) is 8.78 Å². The van der Waals surface area contributed by atoms with Crippen LogP contribution in [-0.2, 0) is 9.59 Å². The molecule has 2 aliphatic heterocycles. The number of hydrogen-bond acceptors (Lipinski definition) is 3. The topological polar surface area (TPSA) is 66.6 Å². The molecule has 2 aromatic carbocycles. The maximum Gasteiger partial charge on any atom is 0.228 e. The molecule has 5 nitrogen and oxygen atoms in total. The lowest BCUT2D eigenvalue weighted by Gasteiger charge is -2.21. The average molecular weight is 422 g/mol. The van der Waals surface area contributed by atoms with Gasteiger partial charge in [0.05, 0.1) is 11.6 Å². The number of amides is 2. The molecule has 0 bridgehead atoms. The summed E-state index contributed by atoms with van der Waals surface area (Å²) in [5.41, 5.74) is 7.35. The maximum atomic E-state index is 14.0. The summed E-state index contributed by atoms with van der Waals surface area (Å²) in [6.45, 7) is 1.01. The van der Waals surface area contributed by atoms with Gasteiger partial charge in [0.2, 0.25) is 11.8 Å². The first-order valence-corrected chi connectivity index (χ1v) is 9.28. The Morgan fingerprint density at radius 1 is 1.03 bits per heavy atom. The number of halogens is 3. The van der Waals surface area contributed by atoms with Crippen LogP contribution in [0.15, 0.2) is 48.5 Å². The van der Waals surface area contributed by atoms with Gasteiger partial charge < -0.3 is 15.5 Å². The number of anilines is 1. The molecular weight excluding hydrogens is 400 g/mol. The minimum Gasteiger partial charge on any atom is -0.340 e. The minimum absolute atomic E-state index is 0. The zero-order chi connectivity index (χ0) is 19.8. The Balaban J connectivity index is 0.00000240. The third-order valence-electron chi connectivity index (χ3n) is 5.58. The van der Waals surface area contributed by atoms with E-state index in [9.17, 15) is 18.4 Å². The summed E-state index contributed by atoms with van der Waals surface area (Å²) in [6.07, 6.45) is 0.0113. The van der Waals surface area contributed by atoms with Gasteiger partial charge in [-0.3, -0.25) is 9.59 Å². The second kappa shape index (κ2) is 8.47. The smallest absolute Gasteiger partial charge is 0.228 e. The highest BCUT2D eigenvalue weighted by Gasteiger charge is 2.41. The molecule has 29 heavy (non-hydrogen) atoms. The SMILES string of the molecule is Cl.N[C@@H]1CN(C(=O)C2CC(=O)N(c3ccc(F)cc3F)C2)C[C@H]1c1ccccc1. The lowest BCUT2D eigenvalue weighted by Crippen LogP contribution is -2.37. The highest BCUT2D eigenvalue weighted by molar-refractivity contribution is 6.00. The van der Waals surface area contributed by atoms with Crippen LogP contribution in [0.25, 0.3) is 0 Å². The lowest BCUT2D eigenvalue weighted by atomic mass is 9.95. The van der Waals surface area contributed by atoms with Crippen LogP contribution in [0.3, 0.4) is 0 Å². The van der Waals surface area contributed by atoms with Crippen LogP contribution in [-0.4, -0.2) is 42.4 Å². The molecule has 2 saturated heterocycles. The molecule has 0 aromatic heterocycles. The number of carbonyl (C=O) groups excluding carboxylic acids is 2. The first kappa shape index (κ1) is 21.2. The van der Waals surface area contributed by atoms with Gasteiger partial charge >= 0.3 is 0 Å². The molecule has 1 unspecified atom stereocenters. The maximum absolute atomic E-state index is 14.0. The number of nitrogens with two attached hydrogens (primary N) is 1. The second-order valence-corrected chi connectivity index (χ2v) is 7.43. The van der Waals surface area contributed by atoms with Crippen LogP contribution >= 0.6 is 12.4 Å². The second-order valence-electron chi connectivity index (χ2n) is 7.43. The first-order valence-electron chi connectivity index (χ1n) is 9.28. The molecule has 0 aliphatic carbocycles. The molecule has 2 aromatic rings. The number of rotatable bonds is 3. The van der Waals surface area contributed by atoms with Crippen LogP contribution in [0.4, 0.5) is 14.5 Å². The number of benzene rings is 2. The lowest BCUT2D eigenvalue weighted by molar-refractivity contribution is -0.134. The van der Waals surface area contributed by atoms with E-state index in [1.165, 1.54) is 11.0 Å². The Bertz CT molecular complexity index is 912. The normalized spacial score (nSPS) is 24.0. The van der Waals surface area contributed by atoms with Crippen molar-refractivity contribution in [1.29, 1.82) is 0 Å². The van der Waals surface area contributed by atoms with Crippen LogP contribution in [0.1, 0.15) is 17.9 Å². The Labute approximate surface area is 173 Å². The van der Waals surface area contributed by atoms with Crippen LogP contribution in [0.2, 0.25) is 0 Å². The third-order valence-corrected chi connectivity index (χ3v) is 5.58. The summed E-state index contributed by atoms with van der Waals surface area (Å²) in [4.78, 5) is 28.3. The fraction of sp³-hybridized carbons (Fsp3) is 0.333. The summed E-state index contributed by atoms with van der Waals surface area (Å²) in [5, 5.41) is 0. The quantitative estimate of drug-likeness (QED) is 0.828. The molecular formula is C21H22ClF2N3O2. The van der Waals surface area contributed by atoms with Crippen molar-refractivity contribution in [2.75, 3.05) is 24.5 Å². The molecule has 0 radical (unpaired) electrons. The fourth-order valence-electron chi connectivity index (χ4n) is 4.13. The van der Waals surface area contributed by atoms with Crippen molar-refractivity contribution in [3.05, 3.63) is 65.7 Å². The standard InChI is InChI=1S/C21H21F2N3O2.ClH/c22-15-6-7-19(17(23)9-15)26-10-14(8-20(26)27)21(28)25-11-16(18(24)12-25)13-4-2-1-3-5-13;/h1-7,9,14,16,18H,8,10-12,24H2;1H/t14?,16-,18+;/m0./s1. The van der Waals surface area contributed by atoms with E-state index in [0.717, 1.165) is 17.7 Å². The Kier molecular flexibility index (Phi) is 6.19. The fourth-order valence-corrected chi connectivity index (χ4v) is 4.13. The van der Waals surface area contributed by atoms with Crippen molar-refractivity contribution in [2.24, 2.45) is 11.7 Å². The molecule has 2 aliphatic rings. The van der Waals surface area contributed by atoms with Crippen molar-refractivity contribution in [3.8, 4) is 0 Å². The van der Waals surface area contributed by atoms with Gasteiger partial charge in [0.1, 0.15) is 11.6 Å². The van der Waals surface area contributed by atoms with E-state index in [1.807, 2.05) is 30.3 Å². The van der Waals surface area contributed by atoms with Crippen LogP contribution in [0.5, 0.6) is 0 Å². The molecule has 0 saturated carbocycles. The third kappa shape index (κ3) is 4.11. The molecule has 8 heteroatoms. The van der Waals surface area contributed by atoms with Gasteiger partial charge in [0.25, 0.3) is 0 Å². The molecule has 4 rings (SSSR count). The highest BCUT2D eigenvalue weighted by atomic mass is 35.5. The van der Waals surface area contributed by atoms with Gasteiger partial charge in [-0.1, -0.05) is 30.3 Å². The number of carbonyl (C=O) groups is 2. The van der Waals surface area contributed by atoms with E-state index in [-0.39, 0.29) is 54.8 Å². The van der Waals surface area contributed by atoms with E-state index >= 15 is 0 Å². The van der Waals surface area contributed by atoms with E-state index < -0.39 is 17.6 Å². The molecule has 0 spiro atoms. The van der Waals surface area contributed by atoms with Gasteiger partial charge in [-0.05, 0) is 17.7 Å². The number of nitrogens with zero attached hydrogens (tertiary/aromatic N) is 2. The predicted octanol–water partition coefficient (Wildman–Crippen LogP) is 2.69. The van der Waals surface area contributed by atoms with Gasteiger partial charge in [-0.15, -0.1) is 12.4 Å². The van der Waals surface area contributed by atoms with Crippen molar-refractivity contribution in [1.82, 2.24) is 4.90 Å². The minimum atomic E-state index is -0.811. The molecule has 2 fully saturated rings. The zero-order valence-corrected chi connectivity index (χ0v) is 16.4. The van der Waals surface area contributed by atoms with Gasteiger partial charge in [0.15, 0.2) is 0 Å². The van der Waals surface area contributed by atoms with Crippen molar-refractivity contribution in [3.63, 3.8) is 0 Å². The Morgan fingerprint density at radius 2 is 1.76 bits per heavy atom. The summed E-state index contributed by atoms with van der Waals surface area (Å²) in [6, 6.07) is 12.7. The highest BCUT2D eigenvalue weighted by Crippen LogP contribution is 2.32. The molecule has 2 amide bonds. The summed E-state index contributed by atoms with van der Waals surface area (Å²) in [5.74, 6) is -2.52. The Hall–Kier alpha value is -2.51. The van der Waals surface area contributed by atoms with Gasteiger partial charge in [0, 0.05) is 44.1 Å². The predicted molar refractivity (Wildman–Crippen MR) is 108 cm³/mol. The summed E-state index contributed by atoms with van der Waals surface area (Å²) >= 11 is 0. The van der Waals surface area contributed by atoms with Crippen molar-refractivity contribution >= 4 is 29.9 Å². The molecule has 2 heterocycles. The van der Waals surface area contributed by atoms with Gasteiger partial charge in [-0.2, -0.15) is 0 Å². The first-order chi connectivity index (χ1) is 13.4. The molecule has 2 N–H and O–H groups in total. The van der Waals surface area contributed by atoms with E-state index in [0.29, 0.717) is 13.1 Å². The van der Waals surface area contributed by atoms with Crippen LogP contribution in [0, 0.1) is 17.6 Å². The van der Waals surface area contributed by atoms with E-state index in [4.69, 9.17) is 5.73 Å². The number of hydrogen-bond donors (Lipinski definition) is 1. The summed E-state index contributed by atoms with van der Waals surface area (Å²) < 4.78 is 27.2. The van der Waals surface area contributed by atoms with E-state index in [1.54, 1.807) is 4.90 Å². The summed E-state index contributed by atoms with van der Waals surface area (Å²) in [7, 11) is 0. The molecule has 3 atom stereocenters. The van der Waals surface area contributed by atoms with Crippen LogP contribution < -0.4 is 10.6 Å². The number of likely N-dealkylation sites (tertiary alicyclic amines) is 1. The van der Waals surface area contributed by atoms with Crippen molar-refractivity contribution in [2.45, 2.75) is 18.4 Å². The van der Waals surface area contributed by atoms with Crippen molar-refractivity contribution < 1.29 is 18.4 Å². The molecule has 154 valence electrons. The average Bonchev–Trinajstić information content (AvgIpc) is 3.25. The largest absolute Gasteiger partial charge is 0.340 e. The Morgan fingerprint density at radius 3 is 2.45 bits per heavy atom.